The van der Waals surface area contributed by atoms with Gasteiger partial charge in [-0.2, -0.15) is 0 Å². The fraction of sp³-hybridized carbons (Fsp3) is 0.833. The van der Waals surface area contributed by atoms with Gasteiger partial charge >= 0.3 is 0 Å². The van der Waals surface area contributed by atoms with E-state index in [0.29, 0.717) is 12.1 Å². The van der Waals surface area contributed by atoms with Crippen molar-refractivity contribution in [2.24, 2.45) is 0 Å². The monoisotopic (exact) mass is 353 g/mol. The highest BCUT2D eigenvalue weighted by atomic mass is 32.1. The van der Waals surface area contributed by atoms with E-state index in [0.717, 1.165) is 56.3 Å². The first-order valence-electron chi connectivity index (χ1n) is 9.16. The third kappa shape index (κ3) is 3.99. The van der Waals surface area contributed by atoms with Crippen molar-refractivity contribution in [3.05, 3.63) is 16.1 Å². The Kier molecular flexibility index (Phi) is 5.93. The fourth-order valence-electron chi connectivity index (χ4n) is 3.92. The highest BCUT2D eigenvalue weighted by Crippen LogP contribution is 2.34. The zero-order chi connectivity index (χ0) is 17.2. The Balaban J connectivity index is 1.61. The Hall–Kier alpha value is -0.530. The maximum Gasteiger partial charge on any atom is 0.110 e. The lowest BCUT2D eigenvalue weighted by molar-refractivity contribution is -0.0353. The Morgan fingerprint density at radius 2 is 2.12 bits per heavy atom. The molecule has 1 aromatic heterocycles. The molecular formula is C18H31N3O2S. The Bertz CT molecular complexity index is 526. The molecule has 2 aliphatic heterocycles. The van der Waals surface area contributed by atoms with E-state index in [1.54, 1.807) is 18.4 Å². The lowest BCUT2D eigenvalue weighted by Crippen LogP contribution is -2.45. The molecule has 0 aromatic carbocycles. The molecule has 24 heavy (non-hydrogen) atoms. The number of methoxy groups -OCH3 is 1. The first-order chi connectivity index (χ1) is 11.5. The van der Waals surface area contributed by atoms with Crippen LogP contribution in [0.4, 0.5) is 0 Å². The zero-order valence-electron chi connectivity index (χ0n) is 15.2. The molecule has 136 valence electrons. The quantitative estimate of drug-likeness (QED) is 0.851. The molecule has 2 saturated heterocycles. The van der Waals surface area contributed by atoms with Crippen molar-refractivity contribution in [2.75, 3.05) is 33.4 Å². The molecule has 0 bridgehead atoms. The molecule has 1 N–H and O–H groups in total. The van der Waals surface area contributed by atoms with Crippen molar-refractivity contribution in [2.45, 2.75) is 63.8 Å². The number of aliphatic hydroxyl groups is 1. The number of ether oxygens (including phenoxy) is 1. The fourth-order valence-corrected chi connectivity index (χ4v) is 4.83. The Morgan fingerprint density at radius 3 is 2.79 bits per heavy atom. The minimum absolute atomic E-state index is 0.514. The largest absolute Gasteiger partial charge is 0.383 e. The molecule has 1 aromatic rings. The van der Waals surface area contributed by atoms with Gasteiger partial charge in [-0.05, 0) is 46.1 Å². The molecule has 6 heteroatoms. The topological polar surface area (TPSA) is 48.8 Å². The summed E-state index contributed by atoms with van der Waals surface area (Å²) in [5.41, 5.74) is 0.144. The Labute approximate surface area is 149 Å². The normalized spacial score (nSPS) is 25.6. The van der Waals surface area contributed by atoms with E-state index >= 15 is 0 Å². The SMILES string of the molecule is COCC1CCCN1Cc1nc(C2(O)CCN(C(C)C)CC2)cs1. The van der Waals surface area contributed by atoms with Crippen molar-refractivity contribution in [3.8, 4) is 0 Å². The van der Waals surface area contributed by atoms with E-state index in [2.05, 4.69) is 29.0 Å². The minimum Gasteiger partial charge on any atom is -0.383 e. The number of piperidine rings is 1. The minimum atomic E-state index is -0.739. The second kappa shape index (κ2) is 7.79. The number of aromatic nitrogens is 1. The van der Waals surface area contributed by atoms with Gasteiger partial charge in [-0.3, -0.25) is 4.90 Å². The van der Waals surface area contributed by atoms with Crippen molar-refractivity contribution in [1.82, 2.24) is 14.8 Å². The predicted octanol–water partition coefficient (Wildman–Crippen LogP) is 2.45. The van der Waals surface area contributed by atoms with Crippen LogP contribution in [0.2, 0.25) is 0 Å². The number of hydrogen-bond donors (Lipinski definition) is 1. The number of likely N-dealkylation sites (tertiary alicyclic amines) is 2. The highest BCUT2D eigenvalue weighted by Gasteiger charge is 2.37. The second-order valence-electron chi connectivity index (χ2n) is 7.51. The summed E-state index contributed by atoms with van der Waals surface area (Å²) in [4.78, 5) is 9.70. The summed E-state index contributed by atoms with van der Waals surface area (Å²) in [6.07, 6.45) is 4.01. The zero-order valence-corrected chi connectivity index (χ0v) is 16.0. The smallest absolute Gasteiger partial charge is 0.110 e. The van der Waals surface area contributed by atoms with Gasteiger partial charge in [-0.25, -0.2) is 4.98 Å². The lowest BCUT2D eigenvalue weighted by atomic mass is 9.88. The van der Waals surface area contributed by atoms with Crippen LogP contribution in [0.25, 0.3) is 0 Å². The van der Waals surface area contributed by atoms with Gasteiger partial charge < -0.3 is 14.7 Å². The summed E-state index contributed by atoms with van der Waals surface area (Å²) in [6, 6.07) is 1.06. The molecule has 3 heterocycles. The van der Waals surface area contributed by atoms with Crippen molar-refractivity contribution >= 4 is 11.3 Å². The van der Waals surface area contributed by atoms with Crippen molar-refractivity contribution < 1.29 is 9.84 Å². The molecule has 0 radical (unpaired) electrons. The van der Waals surface area contributed by atoms with Gasteiger partial charge in [0.15, 0.2) is 0 Å². The first kappa shape index (κ1) is 18.3. The van der Waals surface area contributed by atoms with Crippen molar-refractivity contribution in [1.29, 1.82) is 0 Å². The van der Waals surface area contributed by atoms with Crippen LogP contribution in [0, 0.1) is 0 Å². The standard InChI is InChI=1S/C18H31N3O2S/c1-14(2)20-9-6-18(22,7-10-20)16-13-24-17(19-16)11-21-8-4-5-15(21)12-23-3/h13-15,22H,4-12H2,1-3H3. The number of thiazole rings is 1. The van der Waals surface area contributed by atoms with Crippen LogP contribution < -0.4 is 0 Å². The molecule has 3 rings (SSSR count). The van der Waals surface area contributed by atoms with Crippen LogP contribution in [-0.2, 0) is 16.9 Å². The number of rotatable bonds is 6. The van der Waals surface area contributed by atoms with Gasteiger partial charge in [-0.15, -0.1) is 11.3 Å². The van der Waals surface area contributed by atoms with Crippen LogP contribution >= 0.6 is 11.3 Å². The molecule has 1 unspecified atom stereocenters. The van der Waals surface area contributed by atoms with Gasteiger partial charge in [0.05, 0.1) is 18.8 Å². The first-order valence-corrected chi connectivity index (χ1v) is 10.0. The van der Waals surface area contributed by atoms with Crippen LogP contribution in [0.15, 0.2) is 5.38 Å². The summed E-state index contributed by atoms with van der Waals surface area (Å²) >= 11 is 1.69. The summed E-state index contributed by atoms with van der Waals surface area (Å²) < 4.78 is 5.34. The van der Waals surface area contributed by atoms with E-state index in [-0.39, 0.29) is 0 Å². The number of hydrogen-bond acceptors (Lipinski definition) is 6. The molecule has 2 fully saturated rings. The van der Waals surface area contributed by atoms with E-state index < -0.39 is 5.60 Å². The molecule has 5 nitrogen and oxygen atoms in total. The predicted molar refractivity (Wildman–Crippen MR) is 97.3 cm³/mol. The molecular weight excluding hydrogens is 322 g/mol. The molecule has 2 aliphatic rings. The lowest BCUT2D eigenvalue weighted by Gasteiger charge is -2.39. The summed E-state index contributed by atoms with van der Waals surface area (Å²) in [5.74, 6) is 0. The molecule has 0 aliphatic carbocycles. The van der Waals surface area contributed by atoms with E-state index in [1.165, 1.54) is 12.8 Å². The van der Waals surface area contributed by atoms with Gasteiger partial charge in [-0.1, -0.05) is 0 Å². The average molecular weight is 354 g/mol. The molecule has 1 atom stereocenters. The average Bonchev–Trinajstić information content (AvgIpc) is 3.19. The maximum absolute atomic E-state index is 11.0. The van der Waals surface area contributed by atoms with Gasteiger partial charge in [0.1, 0.15) is 10.6 Å². The maximum atomic E-state index is 11.0. The number of nitrogens with zero attached hydrogens (tertiary/aromatic N) is 3. The van der Waals surface area contributed by atoms with Crippen molar-refractivity contribution in [3.63, 3.8) is 0 Å². The summed E-state index contributed by atoms with van der Waals surface area (Å²) in [6.45, 7) is 9.14. The van der Waals surface area contributed by atoms with Crippen LogP contribution in [0.3, 0.4) is 0 Å². The summed E-state index contributed by atoms with van der Waals surface area (Å²) in [5, 5.41) is 14.2. The van der Waals surface area contributed by atoms with Gasteiger partial charge in [0, 0.05) is 37.7 Å². The third-order valence-corrected chi connectivity index (χ3v) is 6.41. The Morgan fingerprint density at radius 1 is 1.38 bits per heavy atom. The third-order valence-electron chi connectivity index (χ3n) is 5.58. The highest BCUT2D eigenvalue weighted by molar-refractivity contribution is 7.09. The van der Waals surface area contributed by atoms with Crippen LogP contribution in [-0.4, -0.2) is 65.3 Å². The molecule has 0 saturated carbocycles. The van der Waals surface area contributed by atoms with Gasteiger partial charge in [0.25, 0.3) is 0 Å². The van der Waals surface area contributed by atoms with Gasteiger partial charge in [0.2, 0.25) is 0 Å². The van der Waals surface area contributed by atoms with E-state index in [9.17, 15) is 5.11 Å². The van der Waals surface area contributed by atoms with Crippen LogP contribution in [0.5, 0.6) is 0 Å². The van der Waals surface area contributed by atoms with E-state index in [1.807, 2.05) is 0 Å². The second-order valence-corrected chi connectivity index (χ2v) is 8.45. The molecule has 0 amide bonds. The summed E-state index contributed by atoms with van der Waals surface area (Å²) in [7, 11) is 1.77. The van der Waals surface area contributed by atoms with E-state index in [4.69, 9.17) is 9.72 Å². The molecule has 0 spiro atoms. The van der Waals surface area contributed by atoms with Crippen LogP contribution in [0.1, 0.15) is 50.2 Å².